The zero-order valence-corrected chi connectivity index (χ0v) is 14.1. The molecule has 0 bridgehead atoms. The molecule has 0 aromatic carbocycles. The van der Waals surface area contributed by atoms with Crippen molar-refractivity contribution in [2.45, 2.75) is 71.3 Å². The number of rotatable bonds is 5. The van der Waals surface area contributed by atoms with Crippen LogP contribution in [0.1, 0.15) is 71.4 Å². The van der Waals surface area contributed by atoms with Crippen LogP contribution in [-0.4, -0.2) is 22.1 Å². The molecule has 0 radical (unpaired) electrons. The summed E-state index contributed by atoms with van der Waals surface area (Å²) in [4.78, 5) is 8.89. The zero-order chi connectivity index (χ0) is 15.3. The van der Waals surface area contributed by atoms with Crippen molar-refractivity contribution in [2.75, 3.05) is 6.54 Å². The molecule has 1 saturated carbocycles. The maximum absolute atomic E-state index is 4.60. The Labute approximate surface area is 130 Å². The van der Waals surface area contributed by atoms with Crippen LogP contribution in [0.2, 0.25) is 0 Å². The lowest BCUT2D eigenvalue weighted by molar-refractivity contribution is 0.206. The summed E-state index contributed by atoms with van der Waals surface area (Å²) in [5.74, 6) is 2.13. The summed E-state index contributed by atoms with van der Waals surface area (Å²) in [6.45, 7) is 10.1. The van der Waals surface area contributed by atoms with E-state index in [4.69, 9.17) is 0 Å². The Morgan fingerprint density at radius 1 is 1.24 bits per heavy atom. The highest BCUT2D eigenvalue weighted by Gasteiger charge is 2.32. The van der Waals surface area contributed by atoms with E-state index in [1.807, 2.05) is 12.4 Å². The van der Waals surface area contributed by atoms with Crippen LogP contribution in [0.25, 0.3) is 0 Å². The molecule has 3 nitrogen and oxygen atoms in total. The van der Waals surface area contributed by atoms with Gasteiger partial charge < -0.3 is 5.32 Å². The van der Waals surface area contributed by atoms with Gasteiger partial charge in [-0.25, -0.2) is 0 Å². The van der Waals surface area contributed by atoms with Gasteiger partial charge in [0.1, 0.15) is 0 Å². The summed E-state index contributed by atoms with van der Waals surface area (Å²) >= 11 is 0. The van der Waals surface area contributed by atoms with Crippen LogP contribution in [-0.2, 0) is 0 Å². The lowest BCUT2D eigenvalue weighted by Crippen LogP contribution is -2.41. The Balaban J connectivity index is 2.07. The molecule has 1 N–H and O–H groups in total. The summed E-state index contributed by atoms with van der Waals surface area (Å²) in [6, 6.07) is 0. The predicted molar refractivity (Wildman–Crippen MR) is 88.3 cm³/mol. The highest BCUT2D eigenvalue weighted by Crippen LogP contribution is 2.41. The molecule has 0 aliphatic heterocycles. The second-order valence-electron chi connectivity index (χ2n) is 7.60. The van der Waals surface area contributed by atoms with E-state index in [-0.39, 0.29) is 5.54 Å². The molecule has 0 amide bonds. The van der Waals surface area contributed by atoms with Crippen LogP contribution in [0.3, 0.4) is 0 Å². The number of aromatic nitrogens is 2. The van der Waals surface area contributed by atoms with Crippen molar-refractivity contribution in [3.63, 3.8) is 0 Å². The van der Waals surface area contributed by atoms with E-state index in [0.717, 1.165) is 12.5 Å². The molecular formula is C18H31N3. The average Bonchev–Trinajstić information content (AvgIpc) is 2.46. The predicted octanol–water partition coefficient (Wildman–Crippen LogP) is 4.16. The van der Waals surface area contributed by atoms with E-state index in [2.05, 4.69) is 43.0 Å². The third kappa shape index (κ3) is 5.06. The monoisotopic (exact) mass is 289 g/mol. The molecule has 0 spiro atoms. The zero-order valence-electron chi connectivity index (χ0n) is 14.1. The summed E-state index contributed by atoms with van der Waals surface area (Å²) in [5.41, 5.74) is 1.38. The molecule has 21 heavy (non-hydrogen) atoms. The Morgan fingerprint density at radius 3 is 2.67 bits per heavy atom. The number of hydrogen-bond donors (Lipinski definition) is 1. The molecule has 1 fully saturated rings. The van der Waals surface area contributed by atoms with Crippen molar-refractivity contribution in [1.82, 2.24) is 15.3 Å². The van der Waals surface area contributed by atoms with Crippen molar-refractivity contribution in [1.29, 1.82) is 0 Å². The third-order valence-electron chi connectivity index (χ3n) is 4.66. The van der Waals surface area contributed by atoms with Gasteiger partial charge in [-0.05, 0) is 52.0 Å². The third-order valence-corrected chi connectivity index (χ3v) is 4.66. The lowest BCUT2D eigenvalue weighted by Gasteiger charge is -2.37. The minimum absolute atomic E-state index is 0.188. The molecule has 1 aliphatic carbocycles. The topological polar surface area (TPSA) is 37.8 Å². The largest absolute Gasteiger partial charge is 0.312 e. The van der Waals surface area contributed by atoms with Crippen molar-refractivity contribution >= 4 is 0 Å². The molecule has 1 aliphatic rings. The fourth-order valence-corrected chi connectivity index (χ4v) is 3.54. The van der Waals surface area contributed by atoms with Crippen molar-refractivity contribution in [3.05, 3.63) is 24.3 Å². The highest BCUT2D eigenvalue weighted by atomic mass is 14.9. The van der Waals surface area contributed by atoms with Crippen LogP contribution >= 0.6 is 0 Å². The Bertz CT molecular complexity index is 410. The molecule has 0 saturated heterocycles. The summed E-state index contributed by atoms with van der Waals surface area (Å²) in [6.07, 6.45) is 12.2. The Kier molecular flexibility index (Phi) is 5.74. The molecule has 118 valence electrons. The van der Waals surface area contributed by atoms with Gasteiger partial charge in [0.25, 0.3) is 0 Å². The molecular weight excluding hydrogens is 258 g/mol. The van der Waals surface area contributed by atoms with Gasteiger partial charge in [0.05, 0.1) is 5.69 Å². The second kappa shape index (κ2) is 7.35. The van der Waals surface area contributed by atoms with Crippen molar-refractivity contribution in [3.8, 4) is 0 Å². The van der Waals surface area contributed by atoms with Gasteiger partial charge in [0.2, 0.25) is 0 Å². The second-order valence-corrected chi connectivity index (χ2v) is 7.60. The molecule has 3 atom stereocenters. The van der Waals surface area contributed by atoms with Gasteiger partial charge in [0, 0.05) is 30.0 Å². The maximum atomic E-state index is 4.60. The van der Waals surface area contributed by atoms with Crippen LogP contribution in [0.4, 0.5) is 0 Å². The van der Waals surface area contributed by atoms with Crippen LogP contribution in [0, 0.1) is 11.8 Å². The van der Waals surface area contributed by atoms with Gasteiger partial charge in [-0.2, -0.15) is 0 Å². The minimum Gasteiger partial charge on any atom is -0.312 e. The highest BCUT2D eigenvalue weighted by molar-refractivity contribution is 5.08. The fraction of sp³-hybridized carbons (Fsp3) is 0.778. The molecule has 1 aromatic rings. The summed E-state index contributed by atoms with van der Waals surface area (Å²) in [7, 11) is 0. The molecule has 2 rings (SSSR count). The standard InChI is InChI=1S/C18H31N3/c1-5-6-14-7-8-15(12-21-18(2,3)4)16(11-14)17-13-19-9-10-20-17/h9-10,13-16,21H,5-8,11-12H2,1-4H3. The van der Waals surface area contributed by atoms with E-state index in [0.29, 0.717) is 11.8 Å². The van der Waals surface area contributed by atoms with E-state index < -0.39 is 0 Å². The SMILES string of the molecule is CCCC1CCC(CNC(C)(C)C)C(c2cnccn2)C1. The van der Waals surface area contributed by atoms with Crippen LogP contribution < -0.4 is 5.32 Å². The van der Waals surface area contributed by atoms with E-state index in [1.54, 1.807) is 6.20 Å². The van der Waals surface area contributed by atoms with Gasteiger partial charge in [-0.15, -0.1) is 0 Å². The van der Waals surface area contributed by atoms with Crippen LogP contribution in [0.15, 0.2) is 18.6 Å². The first kappa shape index (κ1) is 16.4. The van der Waals surface area contributed by atoms with Crippen LogP contribution in [0.5, 0.6) is 0 Å². The van der Waals surface area contributed by atoms with Gasteiger partial charge in [-0.3, -0.25) is 9.97 Å². The first-order chi connectivity index (χ1) is 9.99. The normalized spacial score (nSPS) is 26.8. The molecule has 3 unspecified atom stereocenters. The van der Waals surface area contributed by atoms with E-state index >= 15 is 0 Å². The van der Waals surface area contributed by atoms with Crippen molar-refractivity contribution < 1.29 is 0 Å². The van der Waals surface area contributed by atoms with Gasteiger partial charge >= 0.3 is 0 Å². The van der Waals surface area contributed by atoms with E-state index in [9.17, 15) is 0 Å². The smallest absolute Gasteiger partial charge is 0.0620 e. The minimum atomic E-state index is 0.188. The number of nitrogens with zero attached hydrogens (tertiary/aromatic N) is 2. The molecule has 3 heteroatoms. The molecule has 1 aromatic heterocycles. The summed E-state index contributed by atoms with van der Waals surface area (Å²) < 4.78 is 0. The average molecular weight is 289 g/mol. The molecule has 1 heterocycles. The Hall–Kier alpha value is -0.960. The van der Waals surface area contributed by atoms with Gasteiger partial charge in [0.15, 0.2) is 0 Å². The number of nitrogens with one attached hydrogen (secondary N) is 1. The Morgan fingerprint density at radius 2 is 2.05 bits per heavy atom. The first-order valence-corrected chi connectivity index (χ1v) is 8.50. The van der Waals surface area contributed by atoms with Crippen molar-refractivity contribution in [2.24, 2.45) is 11.8 Å². The first-order valence-electron chi connectivity index (χ1n) is 8.50. The van der Waals surface area contributed by atoms with Gasteiger partial charge in [-0.1, -0.05) is 26.2 Å². The maximum Gasteiger partial charge on any atom is 0.0620 e. The van der Waals surface area contributed by atoms with E-state index in [1.165, 1.54) is 37.8 Å². The fourth-order valence-electron chi connectivity index (χ4n) is 3.54. The quantitative estimate of drug-likeness (QED) is 0.884. The lowest BCUT2D eigenvalue weighted by atomic mass is 9.71. The number of hydrogen-bond acceptors (Lipinski definition) is 3. The summed E-state index contributed by atoms with van der Waals surface area (Å²) in [5, 5.41) is 3.69.